The van der Waals surface area contributed by atoms with E-state index in [1.54, 1.807) is 22.3 Å². The zero-order valence-electron chi connectivity index (χ0n) is 18.4. The van der Waals surface area contributed by atoms with Crippen LogP contribution in [-0.2, 0) is 17.8 Å². The average Bonchev–Trinajstić information content (AvgIpc) is 3.46. The number of hydrogen-bond acceptors (Lipinski definition) is 5. The van der Waals surface area contributed by atoms with Crippen molar-refractivity contribution in [1.29, 1.82) is 0 Å². The lowest BCUT2D eigenvalue weighted by atomic mass is 9.95. The molecule has 3 aromatic rings. The summed E-state index contributed by atoms with van der Waals surface area (Å²) < 4.78 is 15.8. The summed E-state index contributed by atoms with van der Waals surface area (Å²) in [6, 6.07) is 11.0. The van der Waals surface area contributed by atoms with Gasteiger partial charge in [0, 0.05) is 30.4 Å². The zero-order valence-corrected chi connectivity index (χ0v) is 20.0. The molecule has 0 saturated heterocycles. The third kappa shape index (κ3) is 5.78. The molecule has 32 heavy (non-hydrogen) atoms. The Morgan fingerprint density at radius 1 is 1.22 bits per heavy atom. The van der Waals surface area contributed by atoms with Gasteiger partial charge in [-0.3, -0.25) is 4.79 Å². The number of amides is 1. The van der Waals surface area contributed by atoms with Gasteiger partial charge in [0.15, 0.2) is 5.16 Å². The molecule has 0 unspecified atom stereocenters. The molecule has 0 bridgehead atoms. The van der Waals surface area contributed by atoms with Crippen LogP contribution in [0, 0.1) is 5.82 Å². The van der Waals surface area contributed by atoms with Gasteiger partial charge in [-0.2, -0.15) is 0 Å². The molecule has 8 heteroatoms. The van der Waals surface area contributed by atoms with Crippen LogP contribution >= 0.6 is 23.1 Å². The van der Waals surface area contributed by atoms with Crippen molar-refractivity contribution in [2.45, 2.75) is 63.2 Å². The second-order valence-electron chi connectivity index (χ2n) is 8.14. The second-order valence-corrected chi connectivity index (χ2v) is 10.1. The van der Waals surface area contributed by atoms with E-state index in [4.69, 9.17) is 0 Å². The zero-order chi connectivity index (χ0) is 22.3. The number of thioether (sulfide) groups is 1. The topological polar surface area (TPSA) is 51.0 Å². The Kier molecular flexibility index (Phi) is 7.97. The van der Waals surface area contributed by atoms with Crippen LogP contribution in [0.15, 0.2) is 46.9 Å². The van der Waals surface area contributed by atoms with E-state index in [0.717, 1.165) is 35.8 Å². The van der Waals surface area contributed by atoms with Crippen molar-refractivity contribution >= 4 is 29.0 Å². The van der Waals surface area contributed by atoms with Gasteiger partial charge in [0.05, 0.1) is 5.75 Å². The summed E-state index contributed by atoms with van der Waals surface area (Å²) in [6.45, 7) is 2.94. The standard InChI is InChI=1S/C24H29FN4OS2/c1-2-28(16-18-8-6-9-19(25)14-18)23(30)17-32-24-27-26-22(15-21-12-7-13-31-21)29(24)20-10-4-3-5-11-20/h6-9,12-14,20H,2-5,10-11,15-17H2,1H3. The first-order valence-corrected chi connectivity index (χ1v) is 13.1. The molecule has 1 aliphatic carbocycles. The van der Waals surface area contributed by atoms with E-state index in [-0.39, 0.29) is 11.7 Å². The van der Waals surface area contributed by atoms with Gasteiger partial charge in [-0.05, 0) is 48.9 Å². The maximum Gasteiger partial charge on any atom is 0.233 e. The Morgan fingerprint density at radius 2 is 2.06 bits per heavy atom. The van der Waals surface area contributed by atoms with Gasteiger partial charge in [-0.1, -0.05) is 49.2 Å². The van der Waals surface area contributed by atoms with Crippen LogP contribution in [0.4, 0.5) is 4.39 Å². The van der Waals surface area contributed by atoms with Crippen molar-refractivity contribution < 1.29 is 9.18 Å². The number of nitrogens with zero attached hydrogens (tertiary/aromatic N) is 4. The molecule has 1 aromatic carbocycles. The third-order valence-corrected chi connectivity index (χ3v) is 7.71. The highest BCUT2D eigenvalue weighted by Gasteiger charge is 2.24. The van der Waals surface area contributed by atoms with E-state index in [1.807, 2.05) is 13.0 Å². The van der Waals surface area contributed by atoms with Crippen molar-refractivity contribution in [3.63, 3.8) is 0 Å². The van der Waals surface area contributed by atoms with Crippen LogP contribution in [0.5, 0.6) is 0 Å². The SMILES string of the molecule is CCN(Cc1cccc(F)c1)C(=O)CSc1nnc(Cc2cccs2)n1C1CCCCC1. The fraction of sp³-hybridized carbons (Fsp3) is 0.458. The lowest BCUT2D eigenvalue weighted by molar-refractivity contribution is -0.128. The lowest BCUT2D eigenvalue weighted by Gasteiger charge is -2.26. The summed E-state index contributed by atoms with van der Waals surface area (Å²) in [7, 11) is 0. The number of thiophene rings is 1. The Hall–Kier alpha value is -2.19. The van der Waals surface area contributed by atoms with Crippen LogP contribution < -0.4 is 0 Å². The van der Waals surface area contributed by atoms with Gasteiger partial charge < -0.3 is 9.47 Å². The van der Waals surface area contributed by atoms with Crippen LogP contribution in [0.1, 0.15) is 61.3 Å². The fourth-order valence-electron chi connectivity index (χ4n) is 4.25. The number of carbonyl (C=O) groups is 1. The highest BCUT2D eigenvalue weighted by Crippen LogP contribution is 2.33. The lowest BCUT2D eigenvalue weighted by Crippen LogP contribution is -2.32. The minimum atomic E-state index is -0.278. The monoisotopic (exact) mass is 472 g/mol. The molecular formula is C24H29FN4OS2. The first-order chi connectivity index (χ1) is 15.6. The van der Waals surface area contributed by atoms with Gasteiger partial charge in [0.25, 0.3) is 0 Å². The normalized spacial score (nSPS) is 14.6. The molecule has 0 atom stereocenters. The summed E-state index contributed by atoms with van der Waals surface area (Å²) in [5.74, 6) is 1.04. The maximum atomic E-state index is 13.5. The maximum absolute atomic E-state index is 13.5. The molecule has 1 amide bonds. The molecule has 2 aromatic heterocycles. The molecule has 2 heterocycles. The van der Waals surface area contributed by atoms with Crippen LogP contribution in [-0.4, -0.2) is 37.9 Å². The predicted molar refractivity (Wildman–Crippen MR) is 127 cm³/mol. The van der Waals surface area contributed by atoms with Gasteiger partial charge in [-0.25, -0.2) is 4.39 Å². The summed E-state index contributed by atoms with van der Waals surface area (Å²) in [5, 5.41) is 11.9. The molecular weight excluding hydrogens is 443 g/mol. The average molecular weight is 473 g/mol. The number of rotatable bonds is 9. The highest BCUT2D eigenvalue weighted by atomic mass is 32.2. The molecule has 4 rings (SSSR count). The van der Waals surface area contributed by atoms with Crippen LogP contribution in [0.25, 0.3) is 0 Å². The minimum absolute atomic E-state index is 0.0276. The highest BCUT2D eigenvalue weighted by molar-refractivity contribution is 7.99. The van der Waals surface area contributed by atoms with Crippen molar-refractivity contribution in [3.05, 3.63) is 63.9 Å². The van der Waals surface area contributed by atoms with Crippen LogP contribution in [0.2, 0.25) is 0 Å². The van der Waals surface area contributed by atoms with E-state index in [2.05, 4.69) is 32.3 Å². The van der Waals surface area contributed by atoms with Crippen molar-refractivity contribution in [1.82, 2.24) is 19.7 Å². The van der Waals surface area contributed by atoms with E-state index in [9.17, 15) is 9.18 Å². The molecule has 5 nitrogen and oxygen atoms in total. The van der Waals surface area contributed by atoms with E-state index < -0.39 is 0 Å². The number of halogens is 1. The first kappa shape index (κ1) is 23.0. The largest absolute Gasteiger partial charge is 0.338 e. The van der Waals surface area contributed by atoms with Crippen molar-refractivity contribution in [3.8, 4) is 0 Å². The summed E-state index contributed by atoms with van der Waals surface area (Å²) in [4.78, 5) is 16.0. The smallest absolute Gasteiger partial charge is 0.233 e. The molecule has 0 spiro atoms. The van der Waals surface area contributed by atoms with Gasteiger partial charge in [0.1, 0.15) is 11.6 Å². The quantitative estimate of drug-likeness (QED) is 0.374. The van der Waals surface area contributed by atoms with Crippen LogP contribution in [0.3, 0.4) is 0 Å². The van der Waals surface area contributed by atoms with Gasteiger partial charge in [0.2, 0.25) is 5.91 Å². The third-order valence-electron chi connectivity index (χ3n) is 5.91. The molecule has 1 saturated carbocycles. The predicted octanol–water partition coefficient (Wildman–Crippen LogP) is 5.72. The molecule has 0 aliphatic heterocycles. The number of hydrogen-bond donors (Lipinski definition) is 0. The molecule has 1 aliphatic rings. The summed E-state index contributed by atoms with van der Waals surface area (Å²) in [6.07, 6.45) is 6.78. The molecule has 0 N–H and O–H groups in total. The van der Waals surface area contributed by atoms with E-state index in [1.165, 1.54) is 48.0 Å². The number of benzene rings is 1. The van der Waals surface area contributed by atoms with E-state index >= 15 is 0 Å². The summed E-state index contributed by atoms with van der Waals surface area (Å²) >= 11 is 3.20. The van der Waals surface area contributed by atoms with Gasteiger partial charge >= 0.3 is 0 Å². The van der Waals surface area contributed by atoms with Crippen molar-refractivity contribution in [2.75, 3.05) is 12.3 Å². The molecule has 1 fully saturated rings. The number of aromatic nitrogens is 3. The Labute approximate surface area is 197 Å². The number of carbonyl (C=O) groups excluding carboxylic acids is 1. The Bertz CT molecular complexity index is 1010. The van der Waals surface area contributed by atoms with Gasteiger partial charge in [-0.15, -0.1) is 21.5 Å². The Morgan fingerprint density at radius 3 is 2.78 bits per heavy atom. The fourth-order valence-corrected chi connectivity index (χ4v) is 5.88. The second kappa shape index (κ2) is 11.1. The Balaban J connectivity index is 1.46. The summed E-state index contributed by atoms with van der Waals surface area (Å²) in [5.41, 5.74) is 0.800. The first-order valence-electron chi connectivity index (χ1n) is 11.2. The molecule has 170 valence electrons. The molecule has 0 radical (unpaired) electrons. The van der Waals surface area contributed by atoms with E-state index in [0.29, 0.717) is 24.9 Å². The van der Waals surface area contributed by atoms with Crippen molar-refractivity contribution in [2.24, 2.45) is 0 Å². The minimum Gasteiger partial charge on any atom is -0.338 e.